The molecule has 2 aliphatic carbocycles. The van der Waals surface area contributed by atoms with Crippen LogP contribution in [0.5, 0.6) is 0 Å². The standard InChI is InChI=1S/C15H25N3O2/c16-9-12-7-3-4-8-15(12)13(19)18(14(20)17-15)10-11-5-1-2-6-11/h11-12H,1-10,16H2,(H,17,20). The molecule has 5 nitrogen and oxygen atoms in total. The maximum Gasteiger partial charge on any atom is 0.325 e. The van der Waals surface area contributed by atoms with E-state index in [2.05, 4.69) is 5.32 Å². The molecule has 3 aliphatic rings. The zero-order valence-electron chi connectivity index (χ0n) is 12.1. The van der Waals surface area contributed by atoms with E-state index >= 15 is 0 Å². The van der Waals surface area contributed by atoms with E-state index < -0.39 is 5.54 Å². The highest BCUT2D eigenvalue weighted by atomic mass is 16.2. The van der Waals surface area contributed by atoms with Gasteiger partial charge in [0.05, 0.1) is 0 Å². The lowest BCUT2D eigenvalue weighted by molar-refractivity contribution is -0.134. The molecule has 3 N–H and O–H groups in total. The van der Waals surface area contributed by atoms with Crippen LogP contribution >= 0.6 is 0 Å². The lowest BCUT2D eigenvalue weighted by Crippen LogP contribution is -2.57. The molecule has 2 unspecified atom stereocenters. The molecule has 20 heavy (non-hydrogen) atoms. The summed E-state index contributed by atoms with van der Waals surface area (Å²) in [5, 5.41) is 3.00. The van der Waals surface area contributed by atoms with Crippen LogP contribution in [-0.2, 0) is 4.79 Å². The lowest BCUT2D eigenvalue weighted by Gasteiger charge is -2.38. The number of amides is 3. The van der Waals surface area contributed by atoms with E-state index in [0.717, 1.165) is 38.5 Å². The van der Waals surface area contributed by atoms with E-state index in [1.165, 1.54) is 17.7 Å². The van der Waals surface area contributed by atoms with E-state index in [0.29, 0.717) is 19.0 Å². The van der Waals surface area contributed by atoms with Gasteiger partial charge in [0.15, 0.2) is 0 Å². The van der Waals surface area contributed by atoms with Crippen molar-refractivity contribution in [2.75, 3.05) is 13.1 Å². The highest BCUT2D eigenvalue weighted by Crippen LogP contribution is 2.39. The SMILES string of the molecule is NCC1CCCCC12NC(=O)N(CC1CCCC1)C2=O. The van der Waals surface area contributed by atoms with Crippen LogP contribution in [0.15, 0.2) is 0 Å². The van der Waals surface area contributed by atoms with Crippen LogP contribution < -0.4 is 11.1 Å². The van der Waals surface area contributed by atoms with Crippen molar-refractivity contribution in [3.05, 3.63) is 0 Å². The summed E-state index contributed by atoms with van der Waals surface area (Å²) in [7, 11) is 0. The fourth-order valence-electron chi connectivity index (χ4n) is 4.27. The molecule has 1 saturated heterocycles. The number of nitrogens with zero attached hydrogens (tertiary/aromatic N) is 1. The number of hydrogen-bond donors (Lipinski definition) is 2. The Labute approximate surface area is 120 Å². The van der Waals surface area contributed by atoms with Gasteiger partial charge in [0, 0.05) is 12.5 Å². The van der Waals surface area contributed by atoms with Gasteiger partial charge in [0.2, 0.25) is 0 Å². The van der Waals surface area contributed by atoms with Gasteiger partial charge in [0.1, 0.15) is 5.54 Å². The summed E-state index contributed by atoms with van der Waals surface area (Å²) in [5.74, 6) is 0.589. The van der Waals surface area contributed by atoms with E-state index in [1.54, 1.807) is 0 Å². The Morgan fingerprint density at radius 2 is 1.85 bits per heavy atom. The summed E-state index contributed by atoms with van der Waals surface area (Å²) in [5.41, 5.74) is 5.16. The molecule has 0 aromatic carbocycles. The van der Waals surface area contributed by atoms with Gasteiger partial charge in [-0.25, -0.2) is 4.79 Å². The summed E-state index contributed by atoms with van der Waals surface area (Å²) in [6.07, 6.45) is 8.54. The molecule has 0 aromatic heterocycles. The van der Waals surface area contributed by atoms with Gasteiger partial charge >= 0.3 is 6.03 Å². The minimum Gasteiger partial charge on any atom is -0.330 e. The fraction of sp³-hybridized carbons (Fsp3) is 0.867. The first-order valence-electron chi connectivity index (χ1n) is 8.01. The molecule has 2 saturated carbocycles. The number of hydrogen-bond acceptors (Lipinski definition) is 3. The zero-order chi connectivity index (χ0) is 14.2. The Morgan fingerprint density at radius 3 is 2.55 bits per heavy atom. The number of carbonyl (C=O) groups excluding carboxylic acids is 2. The summed E-state index contributed by atoms with van der Waals surface area (Å²) in [6.45, 7) is 1.08. The normalized spacial score (nSPS) is 35.0. The van der Waals surface area contributed by atoms with Crippen LogP contribution in [0.25, 0.3) is 0 Å². The molecular formula is C15H25N3O2. The largest absolute Gasteiger partial charge is 0.330 e. The number of carbonyl (C=O) groups is 2. The Bertz CT molecular complexity index is 406. The smallest absolute Gasteiger partial charge is 0.325 e. The quantitative estimate of drug-likeness (QED) is 0.771. The first-order valence-corrected chi connectivity index (χ1v) is 8.01. The second-order valence-electron chi connectivity index (χ2n) is 6.65. The molecule has 3 amide bonds. The van der Waals surface area contributed by atoms with Gasteiger partial charge in [-0.15, -0.1) is 0 Å². The van der Waals surface area contributed by atoms with Crippen LogP contribution in [-0.4, -0.2) is 35.5 Å². The maximum absolute atomic E-state index is 12.8. The predicted molar refractivity (Wildman–Crippen MR) is 75.9 cm³/mol. The summed E-state index contributed by atoms with van der Waals surface area (Å²) in [4.78, 5) is 26.6. The molecule has 112 valence electrons. The van der Waals surface area contributed by atoms with Crippen molar-refractivity contribution >= 4 is 11.9 Å². The van der Waals surface area contributed by atoms with Gasteiger partial charge < -0.3 is 11.1 Å². The van der Waals surface area contributed by atoms with E-state index in [9.17, 15) is 9.59 Å². The van der Waals surface area contributed by atoms with Crippen molar-refractivity contribution in [2.24, 2.45) is 17.6 Å². The highest BCUT2D eigenvalue weighted by molar-refractivity contribution is 6.07. The monoisotopic (exact) mass is 279 g/mol. The summed E-state index contributed by atoms with van der Waals surface area (Å²) >= 11 is 0. The molecule has 2 atom stereocenters. The van der Waals surface area contributed by atoms with Gasteiger partial charge in [-0.05, 0) is 38.1 Å². The van der Waals surface area contributed by atoms with Crippen molar-refractivity contribution in [3.8, 4) is 0 Å². The van der Waals surface area contributed by atoms with E-state index in [1.807, 2.05) is 0 Å². The molecule has 3 fully saturated rings. The third kappa shape index (κ3) is 2.12. The van der Waals surface area contributed by atoms with E-state index in [4.69, 9.17) is 5.73 Å². The first kappa shape index (κ1) is 13.9. The van der Waals surface area contributed by atoms with E-state index in [-0.39, 0.29) is 17.9 Å². The highest BCUT2D eigenvalue weighted by Gasteiger charge is 2.55. The van der Waals surface area contributed by atoms with Gasteiger partial charge in [0.25, 0.3) is 5.91 Å². The third-order valence-corrected chi connectivity index (χ3v) is 5.47. The van der Waals surface area contributed by atoms with Gasteiger partial charge in [-0.3, -0.25) is 9.69 Å². The Morgan fingerprint density at radius 1 is 1.15 bits per heavy atom. The molecule has 0 radical (unpaired) electrons. The molecule has 1 heterocycles. The molecule has 0 bridgehead atoms. The maximum atomic E-state index is 12.8. The van der Waals surface area contributed by atoms with Crippen molar-refractivity contribution in [2.45, 2.75) is 56.9 Å². The van der Waals surface area contributed by atoms with Crippen LogP contribution in [0.2, 0.25) is 0 Å². The average molecular weight is 279 g/mol. The average Bonchev–Trinajstić information content (AvgIpc) is 3.04. The molecule has 1 spiro atoms. The number of nitrogens with two attached hydrogens (primary N) is 1. The van der Waals surface area contributed by atoms with Crippen LogP contribution in [0.3, 0.4) is 0 Å². The second kappa shape index (κ2) is 5.35. The van der Waals surface area contributed by atoms with Gasteiger partial charge in [-0.1, -0.05) is 25.7 Å². The molecule has 0 aromatic rings. The topological polar surface area (TPSA) is 75.4 Å². The second-order valence-corrected chi connectivity index (χ2v) is 6.65. The van der Waals surface area contributed by atoms with Crippen LogP contribution in [0.4, 0.5) is 4.79 Å². The van der Waals surface area contributed by atoms with Gasteiger partial charge in [-0.2, -0.15) is 0 Å². The van der Waals surface area contributed by atoms with Crippen LogP contribution in [0.1, 0.15) is 51.4 Å². The minimum atomic E-state index is -0.692. The minimum absolute atomic E-state index is 0.00968. The Balaban J connectivity index is 1.77. The number of urea groups is 1. The summed E-state index contributed by atoms with van der Waals surface area (Å²) < 4.78 is 0. The predicted octanol–water partition coefficient (Wildman–Crippen LogP) is 1.62. The molecule has 5 heteroatoms. The molecular weight excluding hydrogens is 254 g/mol. The third-order valence-electron chi connectivity index (χ3n) is 5.47. The molecule has 1 aliphatic heterocycles. The number of nitrogens with one attached hydrogen (secondary N) is 1. The zero-order valence-corrected chi connectivity index (χ0v) is 12.1. The van der Waals surface area contributed by atoms with Crippen LogP contribution in [0, 0.1) is 11.8 Å². The number of imide groups is 1. The Kier molecular flexibility index (Phi) is 3.71. The Hall–Kier alpha value is -1.10. The van der Waals surface area contributed by atoms with Crippen molar-refractivity contribution < 1.29 is 9.59 Å². The van der Waals surface area contributed by atoms with Crippen molar-refractivity contribution in [3.63, 3.8) is 0 Å². The van der Waals surface area contributed by atoms with Crippen molar-refractivity contribution in [1.29, 1.82) is 0 Å². The first-order chi connectivity index (χ1) is 9.67. The number of rotatable bonds is 3. The van der Waals surface area contributed by atoms with Crippen molar-refractivity contribution in [1.82, 2.24) is 10.2 Å². The molecule has 3 rings (SSSR count). The fourth-order valence-corrected chi connectivity index (χ4v) is 4.27. The summed E-state index contributed by atoms with van der Waals surface area (Å²) in [6, 6.07) is -0.192. The lowest BCUT2D eigenvalue weighted by atomic mass is 9.72.